The zero-order valence-electron chi connectivity index (χ0n) is 9.51. The molecule has 1 unspecified atom stereocenters. The first-order valence-electron chi connectivity index (χ1n) is 5.22. The number of imidazole rings is 1. The predicted molar refractivity (Wildman–Crippen MR) is 63.6 cm³/mol. The maximum atomic E-state index is 5.62. The Morgan fingerprint density at radius 1 is 1.38 bits per heavy atom. The zero-order valence-corrected chi connectivity index (χ0v) is 9.51. The molecule has 0 saturated carbocycles. The molecule has 84 valence electrons. The first-order valence-corrected chi connectivity index (χ1v) is 5.22. The average Bonchev–Trinajstić information content (AvgIpc) is 2.69. The number of aromatic nitrogens is 2. The van der Waals surface area contributed by atoms with Gasteiger partial charge in [-0.05, 0) is 18.1 Å². The highest BCUT2D eigenvalue weighted by atomic mass is 15.2. The summed E-state index contributed by atoms with van der Waals surface area (Å²) >= 11 is 0. The van der Waals surface area contributed by atoms with Gasteiger partial charge < -0.3 is 4.57 Å². The van der Waals surface area contributed by atoms with Crippen molar-refractivity contribution in [1.29, 1.82) is 0 Å². The van der Waals surface area contributed by atoms with E-state index in [0.29, 0.717) is 0 Å². The smallest absolute Gasteiger partial charge is 0.0947 e. The van der Waals surface area contributed by atoms with Crippen LogP contribution in [0.4, 0.5) is 0 Å². The van der Waals surface area contributed by atoms with E-state index >= 15 is 0 Å². The molecule has 0 bridgehead atoms. The van der Waals surface area contributed by atoms with Crippen LogP contribution in [0.25, 0.3) is 0 Å². The van der Waals surface area contributed by atoms with Crippen LogP contribution >= 0.6 is 0 Å². The van der Waals surface area contributed by atoms with Crippen molar-refractivity contribution in [2.24, 2.45) is 12.9 Å². The van der Waals surface area contributed by atoms with Crippen LogP contribution in [0.3, 0.4) is 0 Å². The second-order valence-electron chi connectivity index (χ2n) is 3.92. The van der Waals surface area contributed by atoms with E-state index < -0.39 is 0 Å². The Morgan fingerprint density at radius 2 is 2.12 bits per heavy atom. The summed E-state index contributed by atoms with van der Waals surface area (Å²) < 4.78 is 1.91. The van der Waals surface area contributed by atoms with Gasteiger partial charge in [-0.15, -0.1) is 0 Å². The van der Waals surface area contributed by atoms with Crippen molar-refractivity contribution in [3.8, 4) is 0 Å². The lowest BCUT2D eigenvalue weighted by Gasteiger charge is -2.16. The molecule has 0 radical (unpaired) electrons. The number of nitrogens with two attached hydrogens (primary N) is 1. The largest absolute Gasteiger partial charge is 0.340 e. The minimum absolute atomic E-state index is 0.0533. The van der Waals surface area contributed by atoms with E-state index in [1.54, 1.807) is 6.33 Å². The number of rotatable bonds is 3. The molecule has 0 aliphatic carbocycles. The lowest BCUT2D eigenvalue weighted by molar-refractivity contribution is 0.620. The Labute approximate surface area is 95.1 Å². The monoisotopic (exact) mass is 216 g/mol. The van der Waals surface area contributed by atoms with Crippen LogP contribution in [0.2, 0.25) is 0 Å². The van der Waals surface area contributed by atoms with E-state index in [2.05, 4.69) is 29.5 Å². The number of hydrogen-bond donors (Lipinski definition) is 2. The molecule has 0 aliphatic heterocycles. The van der Waals surface area contributed by atoms with Gasteiger partial charge in [0.1, 0.15) is 0 Å². The zero-order chi connectivity index (χ0) is 11.5. The van der Waals surface area contributed by atoms with E-state index in [1.165, 1.54) is 5.56 Å². The van der Waals surface area contributed by atoms with Crippen LogP contribution in [-0.4, -0.2) is 9.55 Å². The highest BCUT2D eigenvalue weighted by molar-refractivity contribution is 5.33. The molecular weight excluding hydrogens is 200 g/mol. The lowest BCUT2D eigenvalue weighted by atomic mass is 10.00. The van der Waals surface area contributed by atoms with Gasteiger partial charge in [0.25, 0.3) is 0 Å². The molecule has 0 spiro atoms. The van der Waals surface area contributed by atoms with E-state index in [0.717, 1.165) is 11.3 Å². The maximum absolute atomic E-state index is 5.62. The van der Waals surface area contributed by atoms with Gasteiger partial charge in [-0.2, -0.15) is 0 Å². The van der Waals surface area contributed by atoms with Gasteiger partial charge >= 0.3 is 0 Å². The number of hydrazine groups is 1. The number of nitrogens with one attached hydrogen (secondary N) is 1. The average molecular weight is 216 g/mol. The molecule has 2 rings (SSSR count). The molecule has 2 aromatic rings. The molecule has 0 amide bonds. The third-order valence-electron chi connectivity index (χ3n) is 2.69. The summed E-state index contributed by atoms with van der Waals surface area (Å²) in [5, 5.41) is 0. The van der Waals surface area contributed by atoms with Crippen molar-refractivity contribution in [3.05, 3.63) is 53.6 Å². The predicted octanol–water partition coefficient (Wildman–Crippen LogP) is 1.28. The van der Waals surface area contributed by atoms with Crippen molar-refractivity contribution in [2.75, 3.05) is 0 Å². The van der Waals surface area contributed by atoms with E-state index in [-0.39, 0.29) is 6.04 Å². The first-order chi connectivity index (χ1) is 7.72. The minimum Gasteiger partial charge on any atom is -0.340 e. The van der Waals surface area contributed by atoms with Crippen molar-refractivity contribution in [3.63, 3.8) is 0 Å². The molecule has 4 nitrogen and oxygen atoms in total. The molecule has 3 N–H and O–H groups in total. The fourth-order valence-corrected chi connectivity index (χ4v) is 1.83. The van der Waals surface area contributed by atoms with Crippen molar-refractivity contribution in [2.45, 2.75) is 13.0 Å². The van der Waals surface area contributed by atoms with Crippen molar-refractivity contribution >= 4 is 0 Å². The second-order valence-corrected chi connectivity index (χ2v) is 3.92. The van der Waals surface area contributed by atoms with E-state index in [4.69, 9.17) is 5.84 Å². The SMILES string of the molecule is Cc1ccccc1C(NN)c1cn(C)cn1. The van der Waals surface area contributed by atoms with Crippen LogP contribution in [0.15, 0.2) is 36.8 Å². The van der Waals surface area contributed by atoms with Gasteiger partial charge in [-0.25, -0.2) is 10.4 Å². The van der Waals surface area contributed by atoms with Gasteiger partial charge in [0.05, 0.1) is 18.1 Å². The number of nitrogens with zero attached hydrogens (tertiary/aromatic N) is 2. The summed E-state index contributed by atoms with van der Waals surface area (Å²) in [6, 6.07) is 8.11. The highest BCUT2D eigenvalue weighted by Gasteiger charge is 2.16. The van der Waals surface area contributed by atoms with Crippen LogP contribution in [0, 0.1) is 6.92 Å². The molecular formula is C12H16N4. The summed E-state index contributed by atoms with van der Waals surface area (Å²) in [6.45, 7) is 2.07. The normalized spacial score (nSPS) is 12.7. The van der Waals surface area contributed by atoms with Crippen molar-refractivity contribution < 1.29 is 0 Å². The third-order valence-corrected chi connectivity index (χ3v) is 2.69. The summed E-state index contributed by atoms with van der Waals surface area (Å²) in [7, 11) is 1.95. The van der Waals surface area contributed by atoms with Crippen LogP contribution < -0.4 is 11.3 Å². The molecule has 0 aliphatic rings. The van der Waals surface area contributed by atoms with Crippen molar-refractivity contribution in [1.82, 2.24) is 15.0 Å². The number of benzene rings is 1. The van der Waals surface area contributed by atoms with Gasteiger partial charge in [0.2, 0.25) is 0 Å². The molecule has 0 fully saturated rings. The summed E-state index contributed by atoms with van der Waals surface area (Å²) in [5.74, 6) is 5.62. The standard InChI is InChI=1S/C12H16N4/c1-9-5-3-4-6-10(9)12(15-13)11-7-16(2)8-14-11/h3-8,12,15H,13H2,1-2H3. The van der Waals surface area contributed by atoms with Gasteiger partial charge in [-0.1, -0.05) is 24.3 Å². The fraction of sp³-hybridized carbons (Fsp3) is 0.250. The maximum Gasteiger partial charge on any atom is 0.0947 e. The Bertz CT molecular complexity index is 475. The molecule has 16 heavy (non-hydrogen) atoms. The Hall–Kier alpha value is -1.65. The van der Waals surface area contributed by atoms with Gasteiger partial charge in [0.15, 0.2) is 0 Å². The van der Waals surface area contributed by atoms with Gasteiger partial charge in [-0.3, -0.25) is 5.84 Å². The van der Waals surface area contributed by atoms with Crippen LogP contribution in [0.5, 0.6) is 0 Å². The number of hydrogen-bond acceptors (Lipinski definition) is 3. The minimum atomic E-state index is -0.0533. The molecule has 1 atom stereocenters. The Balaban J connectivity index is 2.40. The van der Waals surface area contributed by atoms with E-state index in [1.807, 2.05) is 29.9 Å². The molecule has 4 heteroatoms. The second kappa shape index (κ2) is 4.47. The van der Waals surface area contributed by atoms with Crippen LogP contribution in [-0.2, 0) is 7.05 Å². The quantitative estimate of drug-likeness (QED) is 0.600. The first kappa shape index (κ1) is 10.9. The van der Waals surface area contributed by atoms with Crippen LogP contribution in [0.1, 0.15) is 22.9 Å². The Morgan fingerprint density at radius 3 is 2.69 bits per heavy atom. The summed E-state index contributed by atoms with van der Waals surface area (Å²) in [4.78, 5) is 4.32. The fourth-order valence-electron chi connectivity index (χ4n) is 1.83. The topological polar surface area (TPSA) is 55.9 Å². The molecule has 0 saturated heterocycles. The Kier molecular flexibility index (Phi) is 3.03. The summed E-state index contributed by atoms with van der Waals surface area (Å²) in [6.07, 6.45) is 3.74. The van der Waals surface area contributed by atoms with Gasteiger partial charge in [0, 0.05) is 13.2 Å². The highest BCUT2D eigenvalue weighted by Crippen LogP contribution is 2.22. The lowest BCUT2D eigenvalue weighted by Crippen LogP contribution is -2.29. The molecule has 1 aromatic carbocycles. The summed E-state index contributed by atoms with van der Waals surface area (Å²) in [5.41, 5.74) is 6.10. The molecule has 1 heterocycles. The van der Waals surface area contributed by atoms with E-state index in [9.17, 15) is 0 Å². The third kappa shape index (κ3) is 1.98. The number of aryl methyl sites for hydroxylation is 2. The molecule has 1 aromatic heterocycles.